The first-order chi connectivity index (χ1) is 16.1. The van der Waals surface area contributed by atoms with Crippen molar-refractivity contribution < 1.29 is 19.4 Å². The number of hydrogen-bond acceptors (Lipinski definition) is 5. The lowest BCUT2D eigenvalue weighted by Crippen LogP contribution is -2.32. The summed E-state index contributed by atoms with van der Waals surface area (Å²) in [5.74, 6) is -0.238. The fourth-order valence-corrected chi connectivity index (χ4v) is 4.13. The number of aliphatic hydroxyl groups is 1. The molecule has 1 fully saturated rings. The van der Waals surface area contributed by atoms with E-state index in [0.29, 0.717) is 24.6 Å². The van der Waals surface area contributed by atoms with Gasteiger partial charge in [0.25, 0.3) is 11.7 Å². The van der Waals surface area contributed by atoms with Gasteiger partial charge in [-0.1, -0.05) is 43.7 Å². The number of likely N-dealkylation sites (tertiary alicyclic amines) is 1. The van der Waals surface area contributed by atoms with E-state index in [4.69, 9.17) is 4.74 Å². The molecule has 0 saturated carbocycles. The number of nitrogens with zero attached hydrogens (tertiary/aromatic N) is 2. The molecule has 34 heavy (non-hydrogen) atoms. The number of benzene rings is 2. The number of ketones is 1. The second-order valence-electron chi connectivity index (χ2n) is 9.75. The molecule has 2 aromatic rings. The lowest BCUT2D eigenvalue weighted by Gasteiger charge is -2.26. The number of Topliss-reactive ketones (excluding diaryl/α,β-unsaturated/α-hetero) is 1. The minimum atomic E-state index is -0.647. The minimum Gasteiger partial charge on any atom is -0.507 e. The van der Waals surface area contributed by atoms with Crippen molar-refractivity contribution in [2.75, 3.05) is 33.8 Å². The molecule has 1 atom stereocenters. The van der Waals surface area contributed by atoms with E-state index in [1.807, 2.05) is 57.1 Å². The van der Waals surface area contributed by atoms with Gasteiger partial charge in [-0.05, 0) is 76.2 Å². The van der Waals surface area contributed by atoms with Crippen LogP contribution in [-0.2, 0) is 9.59 Å². The summed E-state index contributed by atoms with van der Waals surface area (Å²) in [6.07, 6.45) is 0.726. The van der Waals surface area contributed by atoms with Gasteiger partial charge in [0, 0.05) is 12.1 Å². The molecule has 0 spiro atoms. The smallest absolute Gasteiger partial charge is 0.295 e. The predicted molar refractivity (Wildman–Crippen MR) is 135 cm³/mol. The molecule has 0 radical (unpaired) electrons. The Kier molecular flexibility index (Phi) is 8.15. The molecule has 1 saturated heterocycles. The maximum absolute atomic E-state index is 13.2. The Balaban J connectivity index is 2.03. The van der Waals surface area contributed by atoms with E-state index in [-0.39, 0.29) is 11.3 Å². The summed E-state index contributed by atoms with van der Waals surface area (Å²) in [6.45, 7) is 9.88. The summed E-state index contributed by atoms with van der Waals surface area (Å²) >= 11 is 0. The second kappa shape index (κ2) is 10.9. The summed E-state index contributed by atoms with van der Waals surface area (Å²) in [4.78, 5) is 29.8. The monoisotopic (exact) mass is 464 g/mol. The number of ether oxygens (including phenoxy) is 1. The standard InChI is InChI=1S/C28H36N2O4/c1-18(2)17-34-23-13-12-22(16-20(23)4)26(31)24-25(21-10-8-19(3)9-11-21)30(28(33)27(24)32)15-7-14-29(5)6/h8-13,16,18,25,31H,7,14-15,17H2,1-6H3/t25-/m1/s1. The molecule has 6 heteroatoms. The molecule has 3 rings (SSSR count). The average molecular weight is 465 g/mol. The fraction of sp³-hybridized carbons (Fsp3) is 0.429. The van der Waals surface area contributed by atoms with Gasteiger partial charge in [-0.2, -0.15) is 0 Å². The normalized spacial score (nSPS) is 17.8. The highest BCUT2D eigenvalue weighted by Crippen LogP contribution is 2.40. The molecule has 0 unspecified atom stereocenters. The number of carbonyl (C=O) groups is 2. The maximum Gasteiger partial charge on any atom is 0.295 e. The molecule has 2 aromatic carbocycles. The van der Waals surface area contributed by atoms with E-state index in [9.17, 15) is 14.7 Å². The van der Waals surface area contributed by atoms with Gasteiger partial charge in [0.1, 0.15) is 11.5 Å². The van der Waals surface area contributed by atoms with Gasteiger partial charge >= 0.3 is 0 Å². The van der Waals surface area contributed by atoms with Crippen LogP contribution < -0.4 is 4.74 Å². The SMILES string of the molecule is Cc1ccc([C@@H]2C(=C(O)c3ccc(OCC(C)C)c(C)c3)C(=O)C(=O)N2CCCN(C)C)cc1. The molecular weight excluding hydrogens is 428 g/mol. The first-order valence-corrected chi connectivity index (χ1v) is 11.8. The molecule has 6 nitrogen and oxygen atoms in total. The van der Waals surface area contributed by atoms with Crippen LogP contribution in [0.25, 0.3) is 5.76 Å². The Hall–Kier alpha value is -3.12. The van der Waals surface area contributed by atoms with E-state index < -0.39 is 17.7 Å². The zero-order valence-electron chi connectivity index (χ0n) is 21.1. The molecular formula is C28H36N2O4. The number of aryl methyl sites for hydroxylation is 2. The van der Waals surface area contributed by atoms with E-state index in [1.165, 1.54) is 0 Å². The van der Waals surface area contributed by atoms with Crippen LogP contribution in [0.4, 0.5) is 0 Å². The zero-order valence-corrected chi connectivity index (χ0v) is 21.1. The van der Waals surface area contributed by atoms with Crippen LogP contribution in [0, 0.1) is 19.8 Å². The topological polar surface area (TPSA) is 70.1 Å². The first-order valence-electron chi connectivity index (χ1n) is 11.8. The van der Waals surface area contributed by atoms with E-state index >= 15 is 0 Å². The molecule has 1 N–H and O–H groups in total. The summed E-state index contributed by atoms with van der Waals surface area (Å²) in [7, 11) is 3.95. The van der Waals surface area contributed by atoms with Gasteiger partial charge in [0.2, 0.25) is 0 Å². The Morgan fingerprint density at radius 3 is 2.35 bits per heavy atom. The van der Waals surface area contributed by atoms with Crippen molar-refractivity contribution in [3.05, 3.63) is 70.3 Å². The number of amides is 1. The third-order valence-corrected chi connectivity index (χ3v) is 5.96. The van der Waals surface area contributed by atoms with Crippen LogP contribution in [0.15, 0.2) is 48.0 Å². The highest BCUT2D eigenvalue weighted by molar-refractivity contribution is 6.46. The molecule has 0 aromatic heterocycles. The number of rotatable bonds is 9. The lowest BCUT2D eigenvalue weighted by molar-refractivity contribution is -0.139. The van der Waals surface area contributed by atoms with Crippen molar-refractivity contribution in [1.29, 1.82) is 0 Å². The molecule has 1 aliphatic rings. The lowest BCUT2D eigenvalue weighted by atomic mass is 9.94. The summed E-state index contributed by atoms with van der Waals surface area (Å²) in [6, 6.07) is 12.5. The second-order valence-corrected chi connectivity index (χ2v) is 9.75. The third-order valence-electron chi connectivity index (χ3n) is 5.96. The molecule has 0 bridgehead atoms. The van der Waals surface area contributed by atoms with Gasteiger partial charge in [-0.25, -0.2) is 0 Å². The van der Waals surface area contributed by atoms with Gasteiger partial charge in [0.05, 0.1) is 18.2 Å². The molecule has 1 aliphatic heterocycles. The predicted octanol–water partition coefficient (Wildman–Crippen LogP) is 4.71. The molecule has 182 valence electrons. The van der Waals surface area contributed by atoms with Crippen molar-refractivity contribution in [2.24, 2.45) is 5.92 Å². The average Bonchev–Trinajstić information content (AvgIpc) is 3.03. The third kappa shape index (κ3) is 5.68. The van der Waals surface area contributed by atoms with E-state index in [0.717, 1.165) is 35.4 Å². The number of carbonyl (C=O) groups excluding carboxylic acids is 2. The van der Waals surface area contributed by atoms with Gasteiger partial charge < -0.3 is 19.6 Å². The Bertz CT molecular complexity index is 1070. The number of aliphatic hydroxyl groups excluding tert-OH is 1. The number of hydrogen-bond donors (Lipinski definition) is 1. The van der Waals surface area contributed by atoms with Crippen LogP contribution in [0.5, 0.6) is 5.75 Å². The van der Waals surface area contributed by atoms with Crippen LogP contribution in [-0.4, -0.2) is 60.4 Å². The minimum absolute atomic E-state index is 0.133. The molecule has 1 amide bonds. The van der Waals surface area contributed by atoms with Gasteiger partial charge in [-0.15, -0.1) is 0 Å². The van der Waals surface area contributed by atoms with E-state index in [1.54, 1.807) is 23.1 Å². The maximum atomic E-state index is 13.2. The van der Waals surface area contributed by atoms with Crippen LogP contribution in [0.2, 0.25) is 0 Å². The van der Waals surface area contributed by atoms with Crippen LogP contribution in [0.3, 0.4) is 0 Å². The van der Waals surface area contributed by atoms with Crippen molar-refractivity contribution in [2.45, 2.75) is 40.2 Å². The highest BCUT2D eigenvalue weighted by Gasteiger charge is 2.45. The van der Waals surface area contributed by atoms with Crippen LogP contribution in [0.1, 0.15) is 48.6 Å². The van der Waals surface area contributed by atoms with E-state index in [2.05, 4.69) is 13.8 Å². The fourth-order valence-electron chi connectivity index (χ4n) is 4.13. The summed E-state index contributed by atoms with van der Waals surface area (Å²) in [5, 5.41) is 11.3. The highest BCUT2D eigenvalue weighted by atomic mass is 16.5. The Morgan fingerprint density at radius 2 is 1.76 bits per heavy atom. The summed E-state index contributed by atoms with van der Waals surface area (Å²) < 4.78 is 5.85. The van der Waals surface area contributed by atoms with Crippen molar-refractivity contribution in [3.8, 4) is 5.75 Å². The van der Waals surface area contributed by atoms with Gasteiger partial charge in [-0.3, -0.25) is 9.59 Å². The van der Waals surface area contributed by atoms with Crippen molar-refractivity contribution >= 4 is 17.4 Å². The zero-order chi connectivity index (χ0) is 25.0. The van der Waals surface area contributed by atoms with Gasteiger partial charge in [0.15, 0.2) is 0 Å². The van der Waals surface area contributed by atoms with Crippen molar-refractivity contribution in [3.63, 3.8) is 0 Å². The molecule has 1 heterocycles. The summed E-state index contributed by atoms with van der Waals surface area (Å²) in [5.41, 5.74) is 3.38. The Labute approximate surface area is 202 Å². The van der Waals surface area contributed by atoms with Crippen molar-refractivity contribution in [1.82, 2.24) is 9.80 Å². The first kappa shape index (κ1) is 25.5. The quantitative estimate of drug-likeness (QED) is 0.331. The Morgan fingerprint density at radius 1 is 1.09 bits per heavy atom. The largest absolute Gasteiger partial charge is 0.507 e. The molecule has 0 aliphatic carbocycles. The van der Waals surface area contributed by atoms with Crippen LogP contribution >= 0.6 is 0 Å².